The molecule has 5 heterocycles. The Bertz CT molecular complexity index is 5330. The van der Waals surface area contributed by atoms with Gasteiger partial charge in [-0.1, -0.05) is 121 Å². The molecule has 16 rings (SSSR count). The molecule has 0 amide bonds. The minimum atomic E-state index is -4.71. The van der Waals surface area contributed by atoms with Gasteiger partial charge in [-0.25, -0.2) is 15.0 Å². The van der Waals surface area contributed by atoms with Gasteiger partial charge in [0.15, 0.2) is 17.5 Å². The average Bonchev–Trinajstić information content (AvgIpc) is 1.56. The summed E-state index contributed by atoms with van der Waals surface area (Å²) in [7, 11) is 0. The van der Waals surface area contributed by atoms with Gasteiger partial charge in [-0.3, -0.25) is 0 Å². The van der Waals surface area contributed by atoms with Gasteiger partial charge in [0.1, 0.15) is 0 Å². The number of halogens is 12. The highest BCUT2D eigenvalue weighted by Crippen LogP contribution is 2.53. The third-order valence-corrected chi connectivity index (χ3v) is 17.8. The van der Waals surface area contributed by atoms with Crippen LogP contribution in [-0.2, 0) is 18.8 Å². The summed E-state index contributed by atoms with van der Waals surface area (Å²) >= 11 is 0. The molecule has 3 aliphatic rings. The summed E-state index contributed by atoms with van der Waals surface area (Å²) in [4.78, 5) is 17.7. The van der Waals surface area contributed by atoms with Crippen LogP contribution in [0, 0.1) is 0 Å². The van der Waals surface area contributed by atoms with Gasteiger partial charge in [-0.15, -0.1) is 0 Å². The van der Waals surface area contributed by atoms with E-state index in [4.69, 9.17) is 15.0 Å². The van der Waals surface area contributed by atoms with Crippen LogP contribution in [0.2, 0.25) is 0 Å². The van der Waals surface area contributed by atoms with E-state index < -0.39 is 58.9 Å². The van der Waals surface area contributed by atoms with Crippen molar-refractivity contribution in [3.05, 3.63) is 258 Å². The summed E-state index contributed by atoms with van der Waals surface area (Å²) in [6, 6.07) is 54.2. The quantitative estimate of drug-likeness (QED) is 0.149. The lowest BCUT2D eigenvalue weighted by molar-refractivity contribution is -0.138. The van der Waals surface area contributed by atoms with E-state index in [1.807, 2.05) is 38.3 Å². The Kier molecular flexibility index (Phi) is 12.5. The zero-order chi connectivity index (χ0) is 63.3. The van der Waals surface area contributed by atoms with Crippen molar-refractivity contribution in [3.63, 3.8) is 0 Å². The Labute approximate surface area is 514 Å². The van der Waals surface area contributed by atoms with Crippen LogP contribution in [0.5, 0.6) is 0 Å². The van der Waals surface area contributed by atoms with Gasteiger partial charge < -0.3 is 18.6 Å². The number of anilines is 2. The lowest BCUT2D eigenvalue weighted by atomic mass is 9.88. The van der Waals surface area contributed by atoms with Crippen LogP contribution in [0.3, 0.4) is 0 Å². The van der Waals surface area contributed by atoms with Crippen molar-refractivity contribution in [2.75, 3.05) is 4.90 Å². The van der Waals surface area contributed by atoms with Gasteiger partial charge in [-0.05, 0) is 122 Å². The Hall–Kier alpha value is -10.7. The second kappa shape index (κ2) is 20.4. The molecule has 19 heteroatoms. The minimum absolute atomic E-state index is 0.0288. The van der Waals surface area contributed by atoms with Crippen LogP contribution >= 0.6 is 0 Å². The molecule has 0 spiro atoms. The third-order valence-electron chi connectivity index (χ3n) is 17.8. The van der Waals surface area contributed by atoms with Gasteiger partial charge in [0.25, 0.3) is 0 Å². The molecule has 92 heavy (non-hydrogen) atoms. The number of nitrogens with zero attached hydrogens (tertiary/aromatic N) is 7. The standard InChI is InChI=1S/C73H43F12N7/c74-70(75,76)41-22-30-61-53(34-41)47-14-4-8-18-57(47)89(61)45-26-28-51(65(38-45)91-59-20-10-6-16-49(59)55-36-43(72(80,81)82)24-32-63(55)91)68-86-67(40-12-2-1-3-13-40)87-69(88-68)52-29-27-46(90-58-19-9-5-15-48(58)54-35-42(71(77,78)79)23-31-62(54)90)39-66(52)92-60-21-11-7-17-50(60)56-37-44(73(83,84)85)25-33-64(56)92/h1-22,24-30,32-39,56,64H,23,31H2. The number of aromatic nitrogens is 6. The van der Waals surface area contributed by atoms with Crippen molar-refractivity contribution < 1.29 is 52.7 Å². The van der Waals surface area contributed by atoms with Crippen molar-refractivity contribution in [2.24, 2.45) is 0 Å². The molecule has 0 radical (unpaired) electrons. The van der Waals surface area contributed by atoms with Crippen molar-refractivity contribution in [1.29, 1.82) is 0 Å². The van der Waals surface area contributed by atoms with E-state index in [-0.39, 0.29) is 35.7 Å². The van der Waals surface area contributed by atoms with E-state index in [1.165, 1.54) is 30.4 Å². The fraction of sp³-hybridized carbons (Fsp3) is 0.110. The van der Waals surface area contributed by atoms with Crippen LogP contribution in [0.15, 0.2) is 230 Å². The van der Waals surface area contributed by atoms with Crippen LogP contribution in [0.25, 0.3) is 112 Å². The summed E-state index contributed by atoms with van der Waals surface area (Å²) in [5.74, 6) is -0.504. The first-order valence-corrected chi connectivity index (χ1v) is 29.2. The van der Waals surface area contributed by atoms with Crippen molar-refractivity contribution in [2.45, 2.75) is 49.5 Å². The fourth-order valence-corrected chi connectivity index (χ4v) is 13.8. The van der Waals surface area contributed by atoms with E-state index in [9.17, 15) is 52.7 Å². The molecule has 7 nitrogen and oxygen atoms in total. The molecule has 4 aromatic heterocycles. The third kappa shape index (κ3) is 9.09. The molecule has 0 N–H and O–H groups in total. The number of allylic oxidation sites excluding steroid dienone is 3. The smallest absolute Gasteiger partial charge is 0.333 e. The Balaban J connectivity index is 0.978. The fourth-order valence-electron chi connectivity index (χ4n) is 13.8. The Morgan fingerprint density at radius 3 is 1.52 bits per heavy atom. The SMILES string of the molecule is FC(F)(F)C1=CC2c3ccccc3N(c3cc(-n4c5c(c6ccccc64)C=C(C(F)(F)F)CC5)ccc3-c3nc(-c4ccccc4)nc(-c4ccc(-n5c6ccccc6c6cc(C(F)(F)F)ccc65)cc4-n4c5ccccc5c5cc(C(F)(F)F)ccc54)n3)C2C=C1. The molecular weight excluding hydrogens is 1200 g/mol. The van der Waals surface area contributed by atoms with Gasteiger partial charge in [0.05, 0.1) is 61.7 Å². The normalized spacial score (nSPS) is 16.0. The largest absolute Gasteiger partial charge is 0.416 e. The molecule has 0 fully saturated rings. The van der Waals surface area contributed by atoms with Crippen LogP contribution < -0.4 is 4.90 Å². The van der Waals surface area contributed by atoms with Gasteiger partial charge in [0, 0.05) is 83.4 Å². The van der Waals surface area contributed by atoms with E-state index in [1.54, 1.807) is 144 Å². The molecule has 2 unspecified atom stereocenters. The Morgan fingerprint density at radius 2 is 0.902 bits per heavy atom. The van der Waals surface area contributed by atoms with Gasteiger partial charge >= 0.3 is 24.7 Å². The molecule has 0 bridgehead atoms. The number of hydrogen-bond acceptors (Lipinski definition) is 4. The molecule has 2 aliphatic carbocycles. The first-order chi connectivity index (χ1) is 44.2. The molecule has 0 saturated heterocycles. The van der Waals surface area contributed by atoms with E-state index >= 15 is 0 Å². The lowest BCUT2D eigenvalue weighted by Gasteiger charge is -2.32. The number of rotatable bonds is 7. The number of hydrogen-bond donors (Lipinski definition) is 0. The second-order valence-electron chi connectivity index (χ2n) is 23.0. The maximum Gasteiger partial charge on any atom is 0.416 e. The summed E-state index contributed by atoms with van der Waals surface area (Å²) in [5.41, 5.74) is 4.40. The van der Waals surface area contributed by atoms with Gasteiger partial charge in [-0.2, -0.15) is 52.7 Å². The maximum absolute atomic E-state index is 14.7. The van der Waals surface area contributed by atoms with E-state index in [0.717, 1.165) is 30.3 Å². The molecular formula is C73H43F12N7. The van der Waals surface area contributed by atoms with E-state index in [0.29, 0.717) is 111 Å². The highest BCUT2D eigenvalue weighted by molar-refractivity contribution is 6.11. The first-order valence-electron chi connectivity index (χ1n) is 29.2. The molecule has 13 aromatic rings. The highest BCUT2D eigenvalue weighted by atomic mass is 19.4. The molecule has 2 atom stereocenters. The number of para-hydroxylation sites is 4. The zero-order valence-electron chi connectivity index (χ0n) is 47.6. The predicted molar refractivity (Wildman–Crippen MR) is 332 cm³/mol. The number of alkyl halides is 12. The van der Waals surface area contributed by atoms with Crippen molar-refractivity contribution in [1.82, 2.24) is 28.7 Å². The lowest BCUT2D eigenvalue weighted by Crippen LogP contribution is -2.31. The zero-order valence-corrected chi connectivity index (χ0v) is 47.6. The van der Waals surface area contributed by atoms with Crippen molar-refractivity contribution >= 4 is 72.0 Å². The number of benzene rings is 9. The van der Waals surface area contributed by atoms with Gasteiger partial charge in [0.2, 0.25) is 0 Å². The molecule has 1 aliphatic heterocycles. The van der Waals surface area contributed by atoms with Crippen LogP contribution in [0.1, 0.15) is 40.3 Å². The maximum atomic E-state index is 14.7. The van der Waals surface area contributed by atoms with Crippen LogP contribution in [0.4, 0.5) is 64.1 Å². The summed E-state index contributed by atoms with van der Waals surface area (Å²) in [6.45, 7) is 0. The summed E-state index contributed by atoms with van der Waals surface area (Å²) < 4.78 is 180. The second-order valence-corrected chi connectivity index (χ2v) is 23.0. The monoisotopic (exact) mass is 1250 g/mol. The summed E-state index contributed by atoms with van der Waals surface area (Å²) in [6.07, 6.45) is -13.9. The molecule has 454 valence electrons. The first kappa shape index (κ1) is 56.5. The molecule has 0 saturated carbocycles. The minimum Gasteiger partial charge on any atom is -0.333 e. The summed E-state index contributed by atoms with van der Waals surface area (Å²) in [5, 5.41) is 2.16. The number of fused-ring (bicyclic) bond motifs is 12. The predicted octanol–water partition coefficient (Wildman–Crippen LogP) is 20.6. The van der Waals surface area contributed by atoms with Crippen molar-refractivity contribution in [3.8, 4) is 51.2 Å². The Morgan fingerprint density at radius 1 is 0.391 bits per heavy atom. The molecule has 9 aromatic carbocycles. The van der Waals surface area contributed by atoms with E-state index in [2.05, 4.69) is 0 Å². The van der Waals surface area contributed by atoms with Crippen LogP contribution in [-0.4, -0.2) is 47.0 Å². The topological polar surface area (TPSA) is 56.7 Å². The highest BCUT2D eigenvalue weighted by Gasteiger charge is 2.44. The average molecular weight is 1250 g/mol.